The van der Waals surface area contributed by atoms with Crippen molar-refractivity contribution in [3.05, 3.63) is 53.8 Å². The van der Waals surface area contributed by atoms with Crippen LogP contribution in [0.5, 0.6) is 0 Å². The van der Waals surface area contributed by atoms with Crippen molar-refractivity contribution in [1.82, 2.24) is 0 Å². The second kappa shape index (κ2) is 4.58. The molecule has 82 valence electrons. The molecule has 0 saturated heterocycles. The van der Waals surface area contributed by atoms with Crippen LogP contribution in [0.3, 0.4) is 0 Å². The zero-order chi connectivity index (χ0) is 11.5. The third kappa shape index (κ3) is 2.36. The molecule has 3 heteroatoms. The Morgan fingerprint density at radius 2 is 1.81 bits per heavy atom. The van der Waals surface area contributed by atoms with Crippen molar-refractivity contribution in [2.24, 2.45) is 0 Å². The molecule has 0 aliphatic carbocycles. The zero-order valence-electron chi connectivity index (χ0n) is 8.91. The van der Waals surface area contributed by atoms with Crippen molar-refractivity contribution in [1.29, 1.82) is 0 Å². The van der Waals surface area contributed by atoms with Gasteiger partial charge in [0.05, 0.1) is 0 Å². The smallest absolute Gasteiger partial charge is 0.139 e. The normalized spacial score (nSPS) is 10.4. The molecule has 0 atom stereocenters. The van der Waals surface area contributed by atoms with Crippen LogP contribution in [-0.2, 0) is 0 Å². The van der Waals surface area contributed by atoms with Gasteiger partial charge in [-0.2, -0.15) is 0 Å². The maximum Gasteiger partial charge on any atom is 0.139 e. The second-order valence-electron chi connectivity index (χ2n) is 3.56. The van der Waals surface area contributed by atoms with Crippen LogP contribution in [0.2, 0.25) is 0 Å². The first-order valence-corrected chi connectivity index (χ1v) is 5.77. The Kier molecular flexibility index (Phi) is 3.15. The van der Waals surface area contributed by atoms with Crippen molar-refractivity contribution in [2.45, 2.75) is 16.7 Å². The number of nitrogen functional groups attached to an aromatic ring is 1. The molecule has 16 heavy (non-hydrogen) atoms. The van der Waals surface area contributed by atoms with Crippen LogP contribution in [0.4, 0.5) is 10.1 Å². The number of benzene rings is 2. The highest BCUT2D eigenvalue weighted by Crippen LogP contribution is 2.32. The maximum atomic E-state index is 13.6. The molecular formula is C13H12FNS. The van der Waals surface area contributed by atoms with E-state index >= 15 is 0 Å². The van der Waals surface area contributed by atoms with Gasteiger partial charge in [0.1, 0.15) is 5.82 Å². The largest absolute Gasteiger partial charge is 0.399 e. The quantitative estimate of drug-likeness (QED) is 0.797. The van der Waals surface area contributed by atoms with Gasteiger partial charge >= 0.3 is 0 Å². The van der Waals surface area contributed by atoms with Gasteiger partial charge in [-0.05, 0) is 36.8 Å². The van der Waals surface area contributed by atoms with E-state index in [0.717, 1.165) is 10.5 Å². The predicted octanol–water partition coefficient (Wildman–Crippen LogP) is 3.87. The topological polar surface area (TPSA) is 26.0 Å². The fourth-order valence-corrected chi connectivity index (χ4v) is 2.29. The third-order valence-electron chi connectivity index (χ3n) is 2.27. The molecule has 0 radical (unpaired) electrons. The summed E-state index contributed by atoms with van der Waals surface area (Å²) in [5.41, 5.74) is 7.09. The Morgan fingerprint density at radius 1 is 1.06 bits per heavy atom. The molecule has 0 heterocycles. The molecule has 0 amide bonds. The van der Waals surface area contributed by atoms with Crippen molar-refractivity contribution >= 4 is 17.4 Å². The van der Waals surface area contributed by atoms with Crippen LogP contribution in [-0.4, -0.2) is 0 Å². The van der Waals surface area contributed by atoms with Gasteiger partial charge in [-0.15, -0.1) is 0 Å². The highest BCUT2D eigenvalue weighted by molar-refractivity contribution is 7.99. The zero-order valence-corrected chi connectivity index (χ0v) is 9.72. The molecule has 2 N–H and O–H groups in total. The average Bonchev–Trinajstić information content (AvgIpc) is 2.25. The first-order chi connectivity index (χ1) is 7.66. The molecule has 0 saturated carbocycles. The van der Waals surface area contributed by atoms with Crippen LogP contribution in [0.15, 0.2) is 52.3 Å². The van der Waals surface area contributed by atoms with E-state index in [1.165, 1.54) is 17.8 Å². The molecule has 2 aromatic rings. The minimum atomic E-state index is -0.270. The van der Waals surface area contributed by atoms with Gasteiger partial charge in [0, 0.05) is 15.5 Å². The van der Waals surface area contributed by atoms with E-state index in [4.69, 9.17) is 5.73 Å². The van der Waals surface area contributed by atoms with E-state index in [-0.39, 0.29) is 5.82 Å². The summed E-state index contributed by atoms with van der Waals surface area (Å²) in [5.74, 6) is -0.270. The third-order valence-corrected chi connectivity index (χ3v) is 3.50. The van der Waals surface area contributed by atoms with Gasteiger partial charge in [-0.1, -0.05) is 30.0 Å². The minimum Gasteiger partial charge on any atom is -0.399 e. The highest BCUT2D eigenvalue weighted by atomic mass is 32.2. The lowest BCUT2D eigenvalue weighted by Crippen LogP contribution is -1.88. The Labute approximate surface area is 98.5 Å². The fourth-order valence-electron chi connectivity index (χ4n) is 1.39. The van der Waals surface area contributed by atoms with Crippen LogP contribution >= 0.6 is 11.8 Å². The number of halogens is 1. The molecule has 0 spiro atoms. The molecule has 0 unspecified atom stereocenters. The summed E-state index contributed by atoms with van der Waals surface area (Å²) < 4.78 is 13.6. The minimum absolute atomic E-state index is 0.270. The van der Waals surface area contributed by atoms with Gasteiger partial charge in [0.15, 0.2) is 0 Å². The van der Waals surface area contributed by atoms with E-state index < -0.39 is 0 Å². The number of rotatable bonds is 2. The Morgan fingerprint density at radius 3 is 2.50 bits per heavy atom. The number of aryl methyl sites for hydroxylation is 1. The van der Waals surface area contributed by atoms with Crippen molar-refractivity contribution < 1.29 is 4.39 Å². The number of anilines is 1. The van der Waals surface area contributed by atoms with E-state index in [1.807, 2.05) is 31.2 Å². The SMILES string of the molecule is Cc1ccccc1Sc1ccc(N)cc1F. The molecular weight excluding hydrogens is 221 g/mol. The fraction of sp³-hybridized carbons (Fsp3) is 0.0769. The Hall–Kier alpha value is -1.48. The molecule has 1 nitrogen and oxygen atoms in total. The van der Waals surface area contributed by atoms with Crippen LogP contribution < -0.4 is 5.73 Å². The Balaban J connectivity index is 2.31. The summed E-state index contributed by atoms with van der Waals surface area (Å²) >= 11 is 1.42. The molecule has 0 bridgehead atoms. The van der Waals surface area contributed by atoms with Crippen LogP contribution in [0.1, 0.15) is 5.56 Å². The van der Waals surface area contributed by atoms with E-state index in [2.05, 4.69) is 0 Å². The lowest BCUT2D eigenvalue weighted by atomic mass is 10.2. The Bertz CT molecular complexity index is 511. The number of hydrogen-bond donors (Lipinski definition) is 1. The van der Waals surface area contributed by atoms with E-state index in [0.29, 0.717) is 10.6 Å². The van der Waals surface area contributed by atoms with Gasteiger partial charge in [-0.25, -0.2) is 4.39 Å². The average molecular weight is 233 g/mol. The van der Waals surface area contributed by atoms with Crippen molar-refractivity contribution in [3.8, 4) is 0 Å². The summed E-state index contributed by atoms with van der Waals surface area (Å²) in [5, 5.41) is 0. The van der Waals surface area contributed by atoms with Crippen molar-refractivity contribution in [2.75, 3.05) is 5.73 Å². The van der Waals surface area contributed by atoms with Crippen LogP contribution in [0, 0.1) is 12.7 Å². The predicted molar refractivity (Wildman–Crippen MR) is 66.1 cm³/mol. The lowest BCUT2D eigenvalue weighted by molar-refractivity contribution is 0.603. The second-order valence-corrected chi connectivity index (χ2v) is 4.64. The monoisotopic (exact) mass is 233 g/mol. The first-order valence-electron chi connectivity index (χ1n) is 4.95. The van der Waals surface area contributed by atoms with Gasteiger partial charge in [0.25, 0.3) is 0 Å². The lowest BCUT2D eigenvalue weighted by Gasteiger charge is -2.06. The summed E-state index contributed by atoms with van der Waals surface area (Å²) in [7, 11) is 0. The first kappa shape index (κ1) is 11.0. The molecule has 2 aromatic carbocycles. The molecule has 0 aliphatic heterocycles. The molecule has 0 fully saturated rings. The highest BCUT2D eigenvalue weighted by Gasteiger charge is 2.05. The molecule has 0 aromatic heterocycles. The van der Waals surface area contributed by atoms with Gasteiger partial charge in [-0.3, -0.25) is 0 Å². The van der Waals surface area contributed by atoms with E-state index in [9.17, 15) is 4.39 Å². The maximum absolute atomic E-state index is 13.6. The standard InChI is InChI=1S/C13H12FNS/c1-9-4-2-3-5-12(9)16-13-7-6-10(15)8-11(13)14/h2-8H,15H2,1H3. The van der Waals surface area contributed by atoms with Gasteiger partial charge in [0.2, 0.25) is 0 Å². The molecule has 0 aliphatic rings. The van der Waals surface area contributed by atoms with Crippen LogP contribution in [0.25, 0.3) is 0 Å². The summed E-state index contributed by atoms with van der Waals surface area (Å²) in [4.78, 5) is 1.66. The van der Waals surface area contributed by atoms with E-state index in [1.54, 1.807) is 12.1 Å². The summed E-state index contributed by atoms with van der Waals surface area (Å²) in [6.07, 6.45) is 0. The number of nitrogens with two attached hydrogens (primary N) is 1. The van der Waals surface area contributed by atoms with Crippen molar-refractivity contribution in [3.63, 3.8) is 0 Å². The number of hydrogen-bond acceptors (Lipinski definition) is 2. The summed E-state index contributed by atoms with van der Waals surface area (Å²) in [6.45, 7) is 2.01. The summed E-state index contributed by atoms with van der Waals surface area (Å²) in [6, 6.07) is 12.7. The van der Waals surface area contributed by atoms with Gasteiger partial charge < -0.3 is 5.73 Å². The molecule has 2 rings (SSSR count).